The Bertz CT molecular complexity index is 564. The smallest absolute Gasteiger partial charge is 0.251 e. The molecule has 0 radical (unpaired) electrons. The van der Waals surface area contributed by atoms with Gasteiger partial charge in [0.05, 0.1) is 18.3 Å². The molecule has 0 spiro atoms. The number of carbonyl (C=O) groups excluding carboxylic acids is 1. The number of aromatic nitrogens is 2. The van der Waals surface area contributed by atoms with E-state index in [9.17, 15) is 4.79 Å². The summed E-state index contributed by atoms with van der Waals surface area (Å²) in [5, 5.41) is 4.61. The molecule has 0 unspecified atom stereocenters. The van der Waals surface area contributed by atoms with Crippen molar-refractivity contribution in [3.8, 4) is 0 Å². The lowest BCUT2D eigenvalue weighted by Crippen LogP contribution is -2.09. The third kappa shape index (κ3) is 2.57. The van der Waals surface area contributed by atoms with E-state index in [-0.39, 0.29) is 0 Å². The monoisotopic (exact) mass is 250 g/mol. The molecule has 0 saturated heterocycles. The number of halogens is 1. The van der Waals surface area contributed by atoms with Crippen LogP contribution in [0.2, 0.25) is 5.02 Å². The van der Waals surface area contributed by atoms with Gasteiger partial charge in [-0.1, -0.05) is 17.7 Å². The van der Waals surface area contributed by atoms with Crippen LogP contribution in [0.25, 0.3) is 0 Å². The lowest BCUT2D eigenvalue weighted by atomic mass is 10.2. The van der Waals surface area contributed by atoms with Crippen molar-refractivity contribution in [1.29, 1.82) is 0 Å². The molecule has 1 aromatic heterocycles. The highest BCUT2D eigenvalue weighted by Crippen LogP contribution is 2.18. The molecule has 2 rings (SSSR count). The predicted octanol–water partition coefficient (Wildman–Crippen LogP) is 1.27. The number of amides is 1. The highest BCUT2D eigenvalue weighted by molar-refractivity contribution is 6.30. The molecular weight excluding hydrogens is 240 g/mol. The van der Waals surface area contributed by atoms with Gasteiger partial charge in [-0.15, -0.1) is 0 Å². The van der Waals surface area contributed by atoms with Crippen molar-refractivity contribution < 1.29 is 4.79 Å². The summed E-state index contributed by atoms with van der Waals surface area (Å²) in [7, 11) is 0. The van der Waals surface area contributed by atoms with Gasteiger partial charge in [0, 0.05) is 16.9 Å². The minimum atomic E-state index is -0.500. The first-order valence-electron chi connectivity index (χ1n) is 4.92. The number of rotatable bonds is 3. The van der Waals surface area contributed by atoms with Gasteiger partial charge in [0.25, 0.3) is 5.91 Å². The number of carbonyl (C=O) groups is 1. The van der Waals surface area contributed by atoms with Crippen LogP contribution in [0.3, 0.4) is 0 Å². The van der Waals surface area contributed by atoms with Crippen LogP contribution in [0.15, 0.2) is 30.6 Å². The van der Waals surface area contributed by atoms with Gasteiger partial charge < -0.3 is 11.5 Å². The van der Waals surface area contributed by atoms with Crippen molar-refractivity contribution in [2.75, 3.05) is 5.73 Å². The van der Waals surface area contributed by atoms with Gasteiger partial charge in [-0.2, -0.15) is 5.10 Å². The molecule has 0 atom stereocenters. The molecule has 0 aliphatic carbocycles. The second-order valence-electron chi connectivity index (χ2n) is 3.63. The van der Waals surface area contributed by atoms with Crippen LogP contribution in [0.4, 0.5) is 5.69 Å². The van der Waals surface area contributed by atoms with Gasteiger partial charge in [-0.05, 0) is 17.7 Å². The SMILES string of the molecule is NC(=O)c1cnn(Cc2ccc(Cl)cc2N)c1. The van der Waals surface area contributed by atoms with Crippen LogP contribution in [0.5, 0.6) is 0 Å². The Labute approximate surface area is 103 Å². The van der Waals surface area contributed by atoms with E-state index >= 15 is 0 Å². The topological polar surface area (TPSA) is 86.9 Å². The molecule has 4 N–H and O–H groups in total. The van der Waals surface area contributed by atoms with Crippen LogP contribution in [0, 0.1) is 0 Å². The maximum absolute atomic E-state index is 10.9. The zero-order valence-corrected chi connectivity index (χ0v) is 9.69. The van der Waals surface area contributed by atoms with Crippen molar-refractivity contribution in [1.82, 2.24) is 9.78 Å². The Balaban J connectivity index is 2.22. The third-order valence-electron chi connectivity index (χ3n) is 2.36. The number of anilines is 1. The van der Waals surface area contributed by atoms with E-state index < -0.39 is 5.91 Å². The second kappa shape index (κ2) is 4.47. The molecule has 0 aliphatic heterocycles. The molecule has 1 amide bonds. The molecule has 1 heterocycles. The lowest BCUT2D eigenvalue weighted by molar-refractivity contribution is 0.1000. The Hall–Kier alpha value is -2.01. The van der Waals surface area contributed by atoms with Crippen molar-refractivity contribution in [2.45, 2.75) is 6.54 Å². The van der Waals surface area contributed by atoms with E-state index in [0.29, 0.717) is 22.8 Å². The number of hydrogen-bond acceptors (Lipinski definition) is 3. The molecule has 1 aromatic carbocycles. The average molecular weight is 251 g/mol. The third-order valence-corrected chi connectivity index (χ3v) is 2.59. The summed E-state index contributed by atoms with van der Waals surface area (Å²) in [6.07, 6.45) is 3.00. The highest BCUT2D eigenvalue weighted by atomic mass is 35.5. The van der Waals surface area contributed by atoms with Crippen LogP contribution in [-0.2, 0) is 6.54 Å². The van der Waals surface area contributed by atoms with E-state index in [1.165, 1.54) is 6.20 Å². The molecule has 0 bridgehead atoms. The summed E-state index contributed by atoms with van der Waals surface area (Å²) >= 11 is 5.80. The van der Waals surface area contributed by atoms with Crippen LogP contribution in [0.1, 0.15) is 15.9 Å². The molecule has 2 aromatic rings. The van der Waals surface area contributed by atoms with Crippen molar-refractivity contribution in [3.05, 3.63) is 46.7 Å². The largest absolute Gasteiger partial charge is 0.398 e. The first-order valence-corrected chi connectivity index (χ1v) is 5.30. The van der Waals surface area contributed by atoms with Gasteiger partial charge in [-0.25, -0.2) is 0 Å². The molecule has 0 fully saturated rings. The Kier molecular flexibility index (Phi) is 3.01. The standard InChI is InChI=1S/C11H11ClN4O/c12-9-2-1-7(10(13)3-9)5-16-6-8(4-15-16)11(14)17/h1-4,6H,5,13H2,(H2,14,17). The molecule has 88 valence electrons. The number of primary amides is 1. The van der Waals surface area contributed by atoms with Crippen molar-refractivity contribution in [3.63, 3.8) is 0 Å². The highest BCUT2D eigenvalue weighted by Gasteiger charge is 2.06. The molecule has 0 saturated carbocycles. The van der Waals surface area contributed by atoms with E-state index in [2.05, 4.69) is 5.10 Å². The fourth-order valence-electron chi connectivity index (χ4n) is 1.46. The fraction of sp³-hybridized carbons (Fsp3) is 0.0909. The van der Waals surface area contributed by atoms with E-state index in [1.54, 1.807) is 23.0 Å². The molecule has 0 aliphatic rings. The second-order valence-corrected chi connectivity index (χ2v) is 4.07. The van der Waals surface area contributed by atoms with E-state index in [0.717, 1.165) is 5.56 Å². The normalized spacial score (nSPS) is 10.4. The van der Waals surface area contributed by atoms with Crippen LogP contribution in [-0.4, -0.2) is 15.7 Å². The van der Waals surface area contributed by atoms with E-state index in [4.69, 9.17) is 23.1 Å². The van der Waals surface area contributed by atoms with Crippen molar-refractivity contribution >= 4 is 23.2 Å². The minimum Gasteiger partial charge on any atom is -0.398 e. The fourth-order valence-corrected chi connectivity index (χ4v) is 1.64. The number of nitrogen functional groups attached to an aromatic ring is 1. The lowest BCUT2D eigenvalue weighted by Gasteiger charge is -2.05. The maximum atomic E-state index is 10.9. The van der Waals surface area contributed by atoms with Crippen LogP contribution >= 0.6 is 11.6 Å². The first-order chi connectivity index (χ1) is 8.06. The Morgan fingerprint density at radius 1 is 1.47 bits per heavy atom. The zero-order chi connectivity index (χ0) is 12.4. The Morgan fingerprint density at radius 3 is 2.82 bits per heavy atom. The van der Waals surface area contributed by atoms with Gasteiger partial charge in [0.15, 0.2) is 0 Å². The average Bonchev–Trinajstić information content (AvgIpc) is 2.71. The van der Waals surface area contributed by atoms with Gasteiger partial charge in [0.2, 0.25) is 0 Å². The van der Waals surface area contributed by atoms with Gasteiger partial charge >= 0.3 is 0 Å². The van der Waals surface area contributed by atoms with Crippen molar-refractivity contribution in [2.24, 2.45) is 5.73 Å². The van der Waals surface area contributed by atoms with E-state index in [1.807, 2.05) is 6.07 Å². The summed E-state index contributed by atoms with van der Waals surface area (Å²) in [5.41, 5.74) is 12.8. The minimum absolute atomic E-state index is 0.373. The summed E-state index contributed by atoms with van der Waals surface area (Å²) in [4.78, 5) is 10.9. The number of nitrogens with two attached hydrogens (primary N) is 2. The van der Waals surface area contributed by atoms with Crippen LogP contribution < -0.4 is 11.5 Å². The summed E-state index contributed by atoms with van der Waals surface area (Å²) in [5.74, 6) is -0.500. The predicted molar refractivity (Wildman–Crippen MR) is 65.7 cm³/mol. The van der Waals surface area contributed by atoms with Gasteiger partial charge in [0.1, 0.15) is 0 Å². The summed E-state index contributed by atoms with van der Waals surface area (Å²) in [6.45, 7) is 0.469. The number of nitrogens with zero attached hydrogens (tertiary/aromatic N) is 2. The quantitative estimate of drug-likeness (QED) is 0.804. The number of benzene rings is 1. The van der Waals surface area contributed by atoms with Gasteiger partial charge in [-0.3, -0.25) is 9.48 Å². The Morgan fingerprint density at radius 2 is 2.24 bits per heavy atom. The molecule has 5 nitrogen and oxygen atoms in total. The molecule has 17 heavy (non-hydrogen) atoms. The maximum Gasteiger partial charge on any atom is 0.251 e. The summed E-state index contributed by atoms with van der Waals surface area (Å²) < 4.78 is 1.60. The number of hydrogen-bond donors (Lipinski definition) is 2. The summed E-state index contributed by atoms with van der Waals surface area (Å²) in [6, 6.07) is 5.25. The first kappa shape index (κ1) is 11.5. The molecule has 6 heteroatoms. The molecular formula is C11H11ClN4O. The zero-order valence-electron chi connectivity index (χ0n) is 8.93.